The fraction of sp³-hybridized carbons (Fsp3) is 0.706. The van der Waals surface area contributed by atoms with Crippen LogP contribution in [0, 0.1) is 13.8 Å². The Hall–Kier alpha value is -1.89. The predicted octanol–water partition coefficient (Wildman–Crippen LogP) is 0.426. The second-order valence-electron chi connectivity index (χ2n) is 6.53. The molecule has 7 nitrogen and oxygen atoms in total. The molecule has 2 heterocycles. The van der Waals surface area contributed by atoms with Crippen molar-refractivity contribution in [3.63, 3.8) is 0 Å². The molecule has 1 aromatic heterocycles. The van der Waals surface area contributed by atoms with Crippen molar-refractivity contribution in [3.05, 3.63) is 17.0 Å². The molecule has 1 atom stereocenters. The van der Waals surface area contributed by atoms with Crippen molar-refractivity contribution >= 4 is 11.8 Å². The van der Waals surface area contributed by atoms with Crippen LogP contribution in [0.4, 0.5) is 0 Å². The molecule has 1 aliphatic heterocycles. The fourth-order valence-electron chi connectivity index (χ4n) is 3.32. The molecule has 7 heteroatoms. The molecule has 1 aromatic rings. The van der Waals surface area contributed by atoms with Crippen molar-refractivity contribution in [1.82, 2.24) is 20.0 Å². The van der Waals surface area contributed by atoms with E-state index in [9.17, 15) is 9.59 Å². The Balaban J connectivity index is 2.01. The number of aryl methyl sites for hydroxylation is 2. The molecule has 1 aliphatic rings. The molecule has 134 valence electrons. The Morgan fingerprint density at radius 3 is 2.71 bits per heavy atom. The molecular formula is C17H29N5O2. The molecule has 0 spiro atoms. The minimum atomic E-state index is -0.0468. The summed E-state index contributed by atoms with van der Waals surface area (Å²) in [6, 6.07) is 0.0743. The molecular weight excluding hydrogens is 306 g/mol. The van der Waals surface area contributed by atoms with E-state index in [1.54, 1.807) is 0 Å². The zero-order valence-corrected chi connectivity index (χ0v) is 15.0. The number of rotatable bonds is 6. The lowest BCUT2D eigenvalue weighted by atomic mass is 10.00. The average molecular weight is 335 g/mol. The first-order chi connectivity index (χ1) is 11.4. The van der Waals surface area contributed by atoms with Crippen molar-refractivity contribution in [2.75, 3.05) is 19.6 Å². The Kier molecular flexibility index (Phi) is 6.36. The van der Waals surface area contributed by atoms with Crippen LogP contribution in [0.3, 0.4) is 0 Å². The largest absolute Gasteiger partial charge is 0.354 e. The molecule has 1 unspecified atom stereocenters. The maximum atomic E-state index is 12.8. The Bertz CT molecular complexity index is 596. The van der Waals surface area contributed by atoms with Gasteiger partial charge in [-0.1, -0.05) is 0 Å². The van der Waals surface area contributed by atoms with Gasteiger partial charge in [-0.3, -0.25) is 14.3 Å². The quantitative estimate of drug-likeness (QED) is 0.788. The second-order valence-corrected chi connectivity index (χ2v) is 6.53. The lowest BCUT2D eigenvalue weighted by Crippen LogP contribution is -2.50. The first-order valence-corrected chi connectivity index (χ1v) is 8.69. The molecule has 2 amide bonds. The van der Waals surface area contributed by atoms with E-state index in [0.717, 1.165) is 42.8 Å². The van der Waals surface area contributed by atoms with Crippen LogP contribution in [0.25, 0.3) is 0 Å². The van der Waals surface area contributed by atoms with Gasteiger partial charge in [0.2, 0.25) is 11.8 Å². The number of carbonyl (C=O) groups excluding carboxylic acids is 2. The van der Waals surface area contributed by atoms with Crippen molar-refractivity contribution in [2.45, 2.75) is 52.0 Å². The summed E-state index contributed by atoms with van der Waals surface area (Å²) in [5.41, 5.74) is 8.35. The maximum Gasteiger partial charge on any atom is 0.227 e. The number of hydrogen-bond donors (Lipinski definition) is 2. The van der Waals surface area contributed by atoms with Gasteiger partial charge in [0, 0.05) is 50.4 Å². The highest BCUT2D eigenvalue weighted by atomic mass is 16.2. The van der Waals surface area contributed by atoms with E-state index in [4.69, 9.17) is 5.73 Å². The van der Waals surface area contributed by atoms with E-state index >= 15 is 0 Å². The smallest absolute Gasteiger partial charge is 0.227 e. The monoisotopic (exact) mass is 335 g/mol. The Labute approximate surface area is 143 Å². The summed E-state index contributed by atoms with van der Waals surface area (Å²) in [5, 5.41) is 7.28. The summed E-state index contributed by atoms with van der Waals surface area (Å²) in [6.07, 6.45) is 3.74. The van der Waals surface area contributed by atoms with Crippen molar-refractivity contribution in [2.24, 2.45) is 12.8 Å². The number of hydrogen-bond acceptors (Lipinski definition) is 4. The lowest BCUT2D eigenvalue weighted by molar-refractivity contribution is -0.134. The Morgan fingerprint density at radius 1 is 1.33 bits per heavy atom. The third-order valence-electron chi connectivity index (χ3n) is 4.84. The normalized spacial score (nSPS) is 17.8. The number of piperidine rings is 1. The zero-order chi connectivity index (χ0) is 17.7. The molecule has 0 bridgehead atoms. The average Bonchev–Trinajstić information content (AvgIpc) is 2.79. The number of aromatic nitrogens is 2. The summed E-state index contributed by atoms with van der Waals surface area (Å²) in [7, 11) is 1.90. The fourth-order valence-corrected chi connectivity index (χ4v) is 3.32. The Morgan fingerprint density at radius 2 is 2.08 bits per heavy atom. The molecule has 0 radical (unpaired) electrons. The molecule has 24 heavy (non-hydrogen) atoms. The minimum Gasteiger partial charge on any atom is -0.354 e. The number of nitrogens with zero attached hydrogens (tertiary/aromatic N) is 3. The van der Waals surface area contributed by atoms with Crippen LogP contribution in [-0.2, 0) is 23.1 Å². The van der Waals surface area contributed by atoms with E-state index in [2.05, 4.69) is 10.4 Å². The topological polar surface area (TPSA) is 93.2 Å². The predicted molar refractivity (Wildman–Crippen MR) is 92.4 cm³/mol. The van der Waals surface area contributed by atoms with Gasteiger partial charge in [0.1, 0.15) is 0 Å². The third kappa shape index (κ3) is 4.35. The standard InChI is InChI=1S/C17H29N5O2/c1-12-15(13(2)21(3)20-12)10-17(24)22-9-5-4-6-14(22)11-19-16(23)7-8-18/h14H,4-11,18H2,1-3H3,(H,19,23). The van der Waals surface area contributed by atoms with E-state index in [0.29, 0.717) is 25.9 Å². The lowest BCUT2D eigenvalue weighted by Gasteiger charge is -2.36. The summed E-state index contributed by atoms with van der Waals surface area (Å²) in [4.78, 5) is 26.4. The van der Waals surface area contributed by atoms with Gasteiger partial charge >= 0.3 is 0 Å². The van der Waals surface area contributed by atoms with Gasteiger partial charge in [0.15, 0.2) is 0 Å². The summed E-state index contributed by atoms with van der Waals surface area (Å²) in [6.45, 7) is 5.54. The highest BCUT2D eigenvalue weighted by Crippen LogP contribution is 2.20. The molecule has 1 saturated heterocycles. The van der Waals surface area contributed by atoms with Crippen molar-refractivity contribution in [1.29, 1.82) is 0 Å². The van der Waals surface area contributed by atoms with Gasteiger partial charge in [-0.25, -0.2) is 0 Å². The first-order valence-electron chi connectivity index (χ1n) is 8.69. The number of carbonyl (C=O) groups is 2. The van der Waals surface area contributed by atoms with Gasteiger partial charge in [0.25, 0.3) is 0 Å². The highest BCUT2D eigenvalue weighted by molar-refractivity contribution is 5.80. The second kappa shape index (κ2) is 8.28. The highest BCUT2D eigenvalue weighted by Gasteiger charge is 2.28. The van der Waals surface area contributed by atoms with Crippen LogP contribution in [0.5, 0.6) is 0 Å². The summed E-state index contributed by atoms with van der Waals surface area (Å²) >= 11 is 0. The zero-order valence-electron chi connectivity index (χ0n) is 15.0. The van der Waals surface area contributed by atoms with Crippen LogP contribution in [0.15, 0.2) is 0 Å². The molecule has 2 rings (SSSR count). The van der Waals surface area contributed by atoms with E-state index in [-0.39, 0.29) is 17.9 Å². The summed E-state index contributed by atoms with van der Waals surface area (Å²) < 4.78 is 1.82. The van der Waals surface area contributed by atoms with E-state index in [1.165, 1.54) is 0 Å². The SMILES string of the molecule is Cc1nn(C)c(C)c1CC(=O)N1CCCCC1CNC(=O)CCN. The van der Waals surface area contributed by atoms with Gasteiger partial charge < -0.3 is 16.0 Å². The van der Waals surface area contributed by atoms with Gasteiger partial charge in [-0.15, -0.1) is 0 Å². The molecule has 0 aromatic carbocycles. The summed E-state index contributed by atoms with van der Waals surface area (Å²) in [5.74, 6) is 0.0707. The van der Waals surface area contributed by atoms with Gasteiger partial charge in [-0.2, -0.15) is 5.10 Å². The first kappa shape index (κ1) is 18.4. The maximum absolute atomic E-state index is 12.8. The van der Waals surface area contributed by atoms with Gasteiger partial charge in [-0.05, 0) is 33.1 Å². The van der Waals surface area contributed by atoms with E-state index < -0.39 is 0 Å². The van der Waals surface area contributed by atoms with Crippen molar-refractivity contribution < 1.29 is 9.59 Å². The van der Waals surface area contributed by atoms with Crippen LogP contribution in [-0.4, -0.2) is 52.2 Å². The van der Waals surface area contributed by atoms with Gasteiger partial charge in [0.05, 0.1) is 12.1 Å². The van der Waals surface area contributed by atoms with Crippen molar-refractivity contribution in [3.8, 4) is 0 Å². The minimum absolute atomic E-state index is 0.0468. The molecule has 1 fully saturated rings. The van der Waals surface area contributed by atoms with Crippen LogP contribution < -0.4 is 11.1 Å². The molecule has 0 aliphatic carbocycles. The number of likely N-dealkylation sites (tertiary alicyclic amines) is 1. The van der Waals surface area contributed by atoms with Crippen LogP contribution in [0.1, 0.15) is 42.6 Å². The number of nitrogens with one attached hydrogen (secondary N) is 1. The van der Waals surface area contributed by atoms with Crippen LogP contribution in [0.2, 0.25) is 0 Å². The number of amides is 2. The van der Waals surface area contributed by atoms with E-state index in [1.807, 2.05) is 30.5 Å². The molecule has 0 saturated carbocycles. The van der Waals surface area contributed by atoms with Crippen LogP contribution >= 0.6 is 0 Å². The number of nitrogens with two attached hydrogens (primary N) is 1. The third-order valence-corrected chi connectivity index (χ3v) is 4.84. The molecule has 3 N–H and O–H groups in total.